The molecule has 1 N–H and O–H groups in total. The molecule has 0 spiro atoms. The molecule has 46 heavy (non-hydrogen) atoms. The number of hydrogen-bond acceptors (Lipinski definition) is 9. The van der Waals surface area contributed by atoms with E-state index in [4.69, 9.17) is 18.9 Å². The van der Waals surface area contributed by atoms with Gasteiger partial charge >= 0.3 is 36.2 Å². The van der Waals surface area contributed by atoms with Crippen molar-refractivity contribution >= 4 is 30.0 Å². The summed E-state index contributed by atoms with van der Waals surface area (Å²) < 4.78 is 64.4. The van der Waals surface area contributed by atoms with E-state index in [2.05, 4.69) is 0 Å². The number of halogens is 3. The third-order valence-electron chi connectivity index (χ3n) is 12.2. The summed E-state index contributed by atoms with van der Waals surface area (Å²) in [6, 6.07) is 0. The van der Waals surface area contributed by atoms with Crippen LogP contribution >= 0.6 is 0 Å². The highest BCUT2D eigenvalue weighted by atomic mass is 19.4. The van der Waals surface area contributed by atoms with Crippen LogP contribution in [0.3, 0.4) is 0 Å². The number of carbonyl (C=O) groups excluding carboxylic acids is 4. The molecule has 5 rings (SSSR count). The third kappa shape index (κ3) is 5.56. The van der Waals surface area contributed by atoms with Gasteiger partial charge in [0.25, 0.3) is 0 Å². The molecule has 0 aromatic rings. The van der Waals surface area contributed by atoms with Crippen molar-refractivity contribution in [3.05, 3.63) is 0 Å². The Kier molecular flexibility index (Phi) is 8.53. The van der Waals surface area contributed by atoms with Gasteiger partial charge in [0.1, 0.15) is 11.7 Å². The molecule has 13 heteroatoms. The number of carbonyl (C=O) groups is 5. The van der Waals surface area contributed by atoms with Crippen molar-refractivity contribution in [2.24, 2.45) is 64.6 Å². The van der Waals surface area contributed by atoms with Crippen LogP contribution in [0.1, 0.15) is 87.0 Å². The molecule has 1 saturated heterocycles. The number of rotatable bonds is 8. The van der Waals surface area contributed by atoms with Gasteiger partial charge in [-0.15, -0.1) is 0 Å². The van der Waals surface area contributed by atoms with Crippen LogP contribution < -0.4 is 0 Å². The molecule has 5 aliphatic rings. The molecule has 5 fully saturated rings. The van der Waals surface area contributed by atoms with E-state index in [9.17, 15) is 42.3 Å². The van der Waals surface area contributed by atoms with Gasteiger partial charge in [-0.3, -0.25) is 19.2 Å². The van der Waals surface area contributed by atoms with Gasteiger partial charge in [0.05, 0.1) is 23.2 Å². The summed E-state index contributed by atoms with van der Waals surface area (Å²) >= 11 is 0. The van der Waals surface area contributed by atoms with Crippen molar-refractivity contribution < 1.29 is 61.2 Å². The Hall–Kier alpha value is -2.86. The predicted molar refractivity (Wildman–Crippen MR) is 152 cm³/mol. The van der Waals surface area contributed by atoms with Crippen LogP contribution in [0.25, 0.3) is 0 Å². The van der Waals surface area contributed by atoms with Gasteiger partial charge in [0.15, 0.2) is 0 Å². The SMILES string of the molecule is CCC(C)(C(=O)OC1CC2CC1CC2C(C)(OC(=O)OC(C)(C)C)C(F)(F)F)C1C(=O)OC(=O)C1C1C2CC(C(=O)O)C(C2)C1C. The molecular formula is C33H45F3O10. The monoisotopic (exact) mass is 658 g/mol. The number of hydrogen-bond donors (Lipinski definition) is 1. The fourth-order valence-electron chi connectivity index (χ4n) is 9.77. The van der Waals surface area contributed by atoms with E-state index in [-0.39, 0.29) is 42.9 Å². The Balaban J connectivity index is 1.31. The number of aliphatic carboxylic acids is 1. The van der Waals surface area contributed by atoms with E-state index >= 15 is 0 Å². The zero-order valence-electron chi connectivity index (χ0n) is 27.3. The molecule has 13 atom stereocenters. The maximum atomic E-state index is 14.4. The van der Waals surface area contributed by atoms with E-state index in [1.807, 2.05) is 6.92 Å². The van der Waals surface area contributed by atoms with Gasteiger partial charge in [-0.1, -0.05) is 13.8 Å². The third-order valence-corrected chi connectivity index (χ3v) is 12.2. The first kappa shape index (κ1) is 34.5. The molecule has 1 heterocycles. The fourth-order valence-corrected chi connectivity index (χ4v) is 9.77. The molecule has 0 aromatic carbocycles. The zero-order chi connectivity index (χ0) is 34.3. The largest absolute Gasteiger partial charge is 0.509 e. The van der Waals surface area contributed by atoms with Crippen LogP contribution in [0, 0.1) is 64.6 Å². The summed E-state index contributed by atoms with van der Waals surface area (Å²) in [5, 5.41) is 9.66. The lowest BCUT2D eigenvalue weighted by Crippen LogP contribution is -2.55. The Labute approximate surface area is 266 Å². The van der Waals surface area contributed by atoms with Crippen molar-refractivity contribution in [1.82, 2.24) is 0 Å². The minimum absolute atomic E-state index is 0.00421. The average molecular weight is 659 g/mol. The van der Waals surface area contributed by atoms with Gasteiger partial charge in [-0.2, -0.15) is 13.2 Å². The predicted octanol–water partition coefficient (Wildman–Crippen LogP) is 5.94. The highest BCUT2D eigenvalue weighted by molar-refractivity contribution is 6.00. The number of ether oxygens (including phenoxy) is 4. The summed E-state index contributed by atoms with van der Waals surface area (Å²) in [4.78, 5) is 64.5. The quantitative estimate of drug-likeness (QED) is 0.189. The topological polar surface area (TPSA) is 142 Å². The van der Waals surface area contributed by atoms with E-state index < -0.39 is 94.4 Å². The van der Waals surface area contributed by atoms with Gasteiger partial charge in [0.2, 0.25) is 5.60 Å². The first-order valence-electron chi connectivity index (χ1n) is 16.3. The van der Waals surface area contributed by atoms with Crippen LogP contribution in [-0.2, 0) is 38.1 Å². The second-order valence-electron chi connectivity index (χ2n) is 15.7. The number of alkyl halides is 3. The molecule has 4 saturated carbocycles. The van der Waals surface area contributed by atoms with E-state index in [0.29, 0.717) is 19.3 Å². The summed E-state index contributed by atoms with van der Waals surface area (Å²) in [5.41, 5.74) is -5.31. The normalized spacial score (nSPS) is 39.5. The summed E-state index contributed by atoms with van der Waals surface area (Å²) in [7, 11) is 0. The molecule has 4 bridgehead atoms. The lowest BCUT2D eigenvalue weighted by atomic mass is 9.61. The van der Waals surface area contributed by atoms with Gasteiger partial charge in [-0.05, 0) is 109 Å². The summed E-state index contributed by atoms with van der Waals surface area (Å²) in [6.07, 6.45) is -5.36. The number of fused-ring (bicyclic) bond motifs is 4. The Morgan fingerprint density at radius 2 is 1.54 bits per heavy atom. The summed E-state index contributed by atoms with van der Waals surface area (Å²) in [6.45, 7) is 10.6. The van der Waals surface area contributed by atoms with Crippen molar-refractivity contribution in [1.29, 1.82) is 0 Å². The van der Waals surface area contributed by atoms with Crippen molar-refractivity contribution in [2.75, 3.05) is 0 Å². The Morgan fingerprint density at radius 3 is 2.04 bits per heavy atom. The molecule has 258 valence electrons. The van der Waals surface area contributed by atoms with E-state index in [0.717, 1.165) is 6.92 Å². The van der Waals surface area contributed by atoms with Crippen LogP contribution in [0.5, 0.6) is 0 Å². The maximum Gasteiger partial charge on any atom is 0.509 e. The minimum Gasteiger partial charge on any atom is -0.481 e. The first-order valence-corrected chi connectivity index (χ1v) is 16.3. The highest BCUT2D eigenvalue weighted by Crippen LogP contribution is 2.62. The van der Waals surface area contributed by atoms with E-state index in [1.165, 1.54) is 20.8 Å². The van der Waals surface area contributed by atoms with Crippen molar-refractivity contribution in [3.63, 3.8) is 0 Å². The maximum absolute atomic E-state index is 14.4. The molecule has 1 aliphatic heterocycles. The molecule has 4 aliphatic carbocycles. The standard InChI is InChI=1S/C33H45F3O10/c1-8-31(6,24-23(26(39)44-27(24)40)22-14(2)18-10-17(22)11-19(18)25(37)38)28(41)43-21-13-15-9-16(21)12-20(15)32(7,33(34,35)36)46-29(42)45-30(3,4)5/h14-24H,8-13H2,1-7H3,(H,37,38). The second-order valence-corrected chi connectivity index (χ2v) is 15.7. The lowest BCUT2D eigenvalue weighted by Gasteiger charge is -2.42. The van der Waals surface area contributed by atoms with Crippen molar-refractivity contribution in [2.45, 2.75) is 110 Å². The second kappa shape index (κ2) is 11.4. The molecule has 10 nitrogen and oxygen atoms in total. The molecular weight excluding hydrogens is 613 g/mol. The Bertz CT molecular complexity index is 1290. The highest BCUT2D eigenvalue weighted by Gasteiger charge is 2.68. The molecule has 0 amide bonds. The van der Waals surface area contributed by atoms with Crippen LogP contribution in [-0.4, -0.2) is 58.6 Å². The molecule has 13 unspecified atom stereocenters. The average Bonchev–Trinajstić information content (AvgIpc) is 3.73. The van der Waals surface area contributed by atoms with Gasteiger partial charge in [-0.25, -0.2) is 4.79 Å². The van der Waals surface area contributed by atoms with Gasteiger partial charge < -0.3 is 24.1 Å². The van der Waals surface area contributed by atoms with Crippen LogP contribution in [0.15, 0.2) is 0 Å². The fraction of sp³-hybridized carbons (Fsp3) is 0.848. The molecule has 0 radical (unpaired) electrons. The number of carboxylic acid groups (broad SMARTS) is 1. The number of cyclic esters (lactones) is 2. The lowest BCUT2D eigenvalue weighted by molar-refractivity contribution is -0.283. The van der Waals surface area contributed by atoms with Crippen LogP contribution in [0.4, 0.5) is 18.0 Å². The number of esters is 3. The van der Waals surface area contributed by atoms with Gasteiger partial charge in [0, 0.05) is 5.92 Å². The summed E-state index contributed by atoms with van der Waals surface area (Å²) in [5.74, 6) is -8.45. The smallest absolute Gasteiger partial charge is 0.481 e. The first-order chi connectivity index (χ1) is 21.1. The zero-order valence-corrected chi connectivity index (χ0v) is 27.3. The van der Waals surface area contributed by atoms with Crippen LogP contribution in [0.2, 0.25) is 0 Å². The number of carboxylic acids is 1. The Morgan fingerprint density at radius 1 is 0.891 bits per heavy atom. The van der Waals surface area contributed by atoms with Crippen molar-refractivity contribution in [3.8, 4) is 0 Å². The van der Waals surface area contributed by atoms with E-state index in [1.54, 1.807) is 13.8 Å². The molecule has 0 aromatic heterocycles. The minimum atomic E-state index is -4.88.